The van der Waals surface area contributed by atoms with E-state index in [9.17, 15) is 4.21 Å². The molecule has 1 unspecified atom stereocenters. The minimum atomic E-state index is -1.03. The summed E-state index contributed by atoms with van der Waals surface area (Å²) < 4.78 is 17.6. The number of thiophene rings is 1. The fourth-order valence-corrected chi connectivity index (χ4v) is 3.56. The van der Waals surface area contributed by atoms with Crippen LogP contribution in [0.25, 0.3) is 21.9 Å². The summed E-state index contributed by atoms with van der Waals surface area (Å²) in [4.78, 5) is 12.7. The van der Waals surface area contributed by atoms with Crippen LogP contribution in [-0.2, 0) is 10.8 Å². The molecule has 3 aromatic rings. The van der Waals surface area contributed by atoms with Gasteiger partial charge in [0.05, 0.1) is 27.6 Å². The highest BCUT2D eigenvalue weighted by atomic mass is 32.2. The molecule has 19 heavy (non-hydrogen) atoms. The van der Waals surface area contributed by atoms with Gasteiger partial charge in [-0.3, -0.25) is 4.21 Å². The number of nitrogens with zero attached hydrogens (tertiary/aromatic N) is 2. The molecule has 0 aromatic carbocycles. The Morgan fingerprint density at radius 1 is 1.47 bits per heavy atom. The maximum Gasteiger partial charge on any atom is 0.178 e. The second-order valence-electron chi connectivity index (χ2n) is 3.88. The average Bonchev–Trinajstić information content (AvgIpc) is 3.01. The van der Waals surface area contributed by atoms with Gasteiger partial charge in [0, 0.05) is 18.5 Å². The average molecular weight is 293 g/mol. The maximum atomic E-state index is 11.6. The molecule has 7 heteroatoms. The molecule has 3 aromatic heterocycles. The number of aromatic amines is 1. The summed E-state index contributed by atoms with van der Waals surface area (Å²) in [5.74, 6) is 1.36. The third-order valence-corrected chi connectivity index (χ3v) is 5.21. The van der Waals surface area contributed by atoms with Gasteiger partial charge in [-0.2, -0.15) is 0 Å². The number of H-pyrrole nitrogens is 1. The van der Waals surface area contributed by atoms with E-state index < -0.39 is 10.8 Å². The number of ether oxygens (including phenoxy) is 1. The monoisotopic (exact) mass is 293 g/mol. The Bertz CT molecular complexity index is 730. The summed E-state index contributed by atoms with van der Waals surface area (Å²) in [6, 6.07) is 5.55. The SMILES string of the molecule is COc1cc(S(C)=O)sc1-c1nc2ncccc2[nH]1. The summed E-state index contributed by atoms with van der Waals surface area (Å²) in [6.07, 6.45) is 3.35. The van der Waals surface area contributed by atoms with E-state index in [1.165, 1.54) is 11.3 Å². The molecule has 0 saturated heterocycles. The van der Waals surface area contributed by atoms with Gasteiger partial charge in [0.25, 0.3) is 0 Å². The van der Waals surface area contributed by atoms with Gasteiger partial charge in [-0.15, -0.1) is 11.3 Å². The van der Waals surface area contributed by atoms with Crippen LogP contribution in [0.3, 0.4) is 0 Å². The predicted molar refractivity (Wildman–Crippen MR) is 76.1 cm³/mol. The van der Waals surface area contributed by atoms with Crippen molar-refractivity contribution >= 4 is 33.3 Å². The molecule has 0 saturated carbocycles. The largest absolute Gasteiger partial charge is 0.495 e. The molecule has 0 amide bonds. The van der Waals surface area contributed by atoms with Crippen LogP contribution in [-0.4, -0.2) is 32.5 Å². The number of hydrogen-bond donors (Lipinski definition) is 1. The minimum absolute atomic E-state index is 0.659. The fraction of sp³-hybridized carbons (Fsp3) is 0.167. The third-order valence-electron chi connectivity index (χ3n) is 2.65. The van der Waals surface area contributed by atoms with Gasteiger partial charge in [-0.25, -0.2) is 9.97 Å². The van der Waals surface area contributed by atoms with Crippen LogP contribution < -0.4 is 4.74 Å². The Labute approximate surface area is 116 Å². The van der Waals surface area contributed by atoms with E-state index in [1.54, 1.807) is 25.6 Å². The Morgan fingerprint density at radius 3 is 3.00 bits per heavy atom. The highest BCUT2D eigenvalue weighted by Crippen LogP contribution is 2.38. The van der Waals surface area contributed by atoms with E-state index in [1.807, 2.05) is 12.1 Å². The number of hydrogen-bond acceptors (Lipinski definition) is 5. The van der Waals surface area contributed by atoms with E-state index in [2.05, 4.69) is 15.0 Å². The number of nitrogens with one attached hydrogen (secondary N) is 1. The minimum Gasteiger partial charge on any atom is -0.495 e. The van der Waals surface area contributed by atoms with Crippen molar-refractivity contribution in [2.24, 2.45) is 0 Å². The maximum absolute atomic E-state index is 11.6. The van der Waals surface area contributed by atoms with Gasteiger partial charge in [0.1, 0.15) is 10.6 Å². The van der Waals surface area contributed by atoms with E-state index in [4.69, 9.17) is 4.74 Å². The summed E-state index contributed by atoms with van der Waals surface area (Å²) in [5, 5.41) is 0. The predicted octanol–water partition coefficient (Wildman–Crippen LogP) is 2.43. The van der Waals surface area contributed by atoms with E-state index in [0.717, 1.165) is 14.6 Å². The van der Waals surface area contributed by atoms with Gasteiger partial charge < -0.3 is 9.72 Å². The van der Waals surface area contributed by atoms with Gasteiger partial charge >= 0.3 is 0 Å². The standard InChI is InChI=1S/C12H11N3O2S2/c1-17-8-6-9(19(2)16)18-10(8)12-14-7-4-3-5-13-11(7)15-12/h3-6H,1-2H3,(H,13,14,15). The molecule has 0 aliphatic rings. The van der Waals surface area contributed by atoms with Crippen LogP contribution in [0.5, 0.6) is 5.75 Å². The number of pyridine rings is 1. The lowest BCUT2D eigenvalue weighted by atomic mass is 10.4. The quantitative estimate of drug-likeness (QED) is 0.805. The highest BCUT2D eigenvalue weighted by Gasteiger charge is 2.17. The van der Waals surface area contributed by atoms with Gasteiger partial charge in [-0.05, 0) is 12.1 Å². The second kappa shape index (κ2) is 4.75. The zero-order valence-electron chi connectivity index (χ0n) is 10.3. The number of methoxy groups -OCH3 is 1. The molecule has 0 fully saturated rings. The van der Waals surface area contributed by atoms with E-state index in [-0.39, 0.29) is 0 Å². The zero-order valence-corrected chi connectivity index (χ0v) is 12.0. The van der Waals surface area contributed by atoms with Crippen molar-refractivity contribution < 1.29 is 8.95 Å². The van der Waals surface area contributed by atoms with Crippen molar-refractivity contribution in [2.45, 2.75) is 4.21 Å². The van der Waals surface area contributed by atoms with E-state index >= 15 is 0 Å². The smallest absolute Gasteiger partial charge is 0.178 e. The third kappa shape index (κ3) is 2.15. The van der Waals surface area contributed by atoms with Crippen LogP contribution >= 0.6 is 11.3 Å². The fourth-order valence-electron chi connectivity index (χ4n) is 1.76. The zero-order chi connectivity index (χ0) is 13.4. The molecule has 5 nitrogen and oxygen atoms in total. The Balaban J connectivity index is 2.17. The lowest BCUT2D eigenvalue weighted by Crippen LogP contribution is -1.83. The van der Waals surface area contributed by atoms with Crippen LogP contribution in [0.15, 0.2) is 28.6 Å². The normalized spacial score (nSPS) is 12.7. The molecular weight excluding hydrogens is 282 g/mol. The molecule has 0 aliphatic heterocycles. The molecule has 98 valence electrons. The van der Waals surface area contributed by atoms with E-state index in [0.29, 0.717) is 17.2 Å². The van der Waals surface area contributed by atoms with Crippen molar-refractivity contribution in [3.05, 3.63) is 24.4 Å². The molecular formula is C12H11N3O2S2. The molecule has 3 heterocycles. The van der Waals surface area contributed by atoms with Crippen molar-refractivity contribution in [2.75, 3.05) is 13.4 Å². The first-order chi connectivity index (χ1) is 9.19. The topological polar surface area (TPSA) is 67.9 Å². The molecule has 3 rings (SSSR count). The van der Waals surface area contributed by atoms with Crippen LogP contribution in [0, 0.1) is 0 Å². The van der Waals surface area contributed by atoms with Crippen LogP contribution in [0.2, 0.25) is 0 Å². The number of fused-ring (bicyclic) bond motifs is 1. The Hall–Kier alpha value is -1.73. The van der Waals surface area contributed by atoms with Crippen LogP contribution in [0.1, 0.15) is 0 Å². The molecule has 1 N–H and O–H groups in total. The van der Waals surface area contributed by atoms with Crippen molar-refractivity contribution in [3.63, 3.8) is 0 Å². The molecule has 0 bridgehead atoms. The first-order valence-corrected chi connectivity index (χ1v) is 7.89. The summed E-state index contributed by atoms with van der Waals surface area (Å²) in [7, 11) is 0.562. The summed E-state index contributed by atoms with van der Waals surface area (Å²) in [6.45, 7) is 0. The van der Waals surface area contributed by atoms with Gasteiger partial charge in [0.15, 0.2) is 11.5 Å². The van der Waals surface area contributed by atoms with Crippen molar-refractivity contribution in [1.82, 2.24) is 15.0 Å². The molecule has 0 spiro atoms. The lowest BCUT2D eigenvalue weighted by molar-refractivity contribution is 0.417. The summed E-state index contributed by atoms with van der Waals surface area (Å²) in [5.41, 5.74) is 1.53. The van der Waals surface area contributed by atoms with Gasteiger partial charge in [-0.1, -0.05) is 0 Å². The van der Waals surface area contributed by atoms with Crippen molar-refractivity contribution in [1.29, 1.82) is 0 Å². The second-order valence-corrected chi connectivity index (χ2v) is 6.54. The number of imidazole rings is 1. The highest BCUT2D eigenvalue weighted by molar-refractivity contribution is 7.86. The number of aromatic nitrogens is 3. The first-order valence-electron chi connectivity index (χ1n) is 5.51. The Morgan fingerprint density at radius 2 is 2.32 bits per heavy atom. The number of rotatable bonds is 3. The molecule has 0 radical (unpaired) electrons. The molecule has 0 aliphatic carbocycles. The molecule has 1 atom stereocenters. The van der Waals surface area contributed by atoms with Gasteiger partial charge in [0.2, 0.25) is 0 Å². The first kappa shape index (κ1) is 12.3. The summed E-state index contributed by atoms with van der Waals surface area (Å²) >= 11 is 1.41. The lowest BCUT2D eigenvalue weighted by Gasteiger charge is -1.97. The Kier molecular flexibility index (Phi) is 3.08. The van der Waals surface area contributed by atoms with Crippen LogP contribution in [0.4, 0.5) is 0 Å². The van der Waals surface area contributed by atoms with Crippen molar-refractivity contribution in [3.8, 4) is 16.5 Å².